The molecule has 1 atom stereocenters. The van der Waals surface area contributed by atoms with Gasteiger partial charge in [0.2, 0.25) is 11.8 Å². The summed E-state index contributed by atoms with van der Waals surface area (Å²) >= 11 is 0. The number of amides is 2. The van der Waals surface area contributed by atoms with Crippen molar-refractivity contribution < 1.29 is 9.59 Å². The van der Waals surface area contributed by atoms with E-state index in [9.17, 15) is 9.59 Å². The Kier molecular flexibility index (Phi) is 7.41. The Morgan fingerprint density at radius 3 is 2.64 bits per heavy atom. The van der Waals surface area contributed by atoms with Crippen molar-refractivity contribution in [3.05, 3.63) is 42.0 Å². The number of nitrogens with one attached hydrogen (secondary N) is 1. The molecule has 1 aromatic carbocycles. The molecule has 0 radical (unpaired) electrons. The van der Waals surface area contributed by atoms with Crippen molar-refractivity contribution >= 4 is 17.9 Å². The fraction of sp³-hybridized carbons (Fsp3) is 0.353. The summed E-state index contributed by atoms with van der Waals surface area (Å²) in [5.41, 5.74) is 0.919. The summed E-state index contributed by atoms with van der Waals surface area (Å²) in [4.78, 5) is 25.2. The second-order valence-electron chi connectivity index (χ2n) is 4.92. The third-order valence-electron chi connectivity index (χ3n) is 3.09. The van der Waals surface area contributed by atoms with Crippen LogP contribution in [0.2, 0.25) is 0 Å². The molecule has 0 saturated carbocycles. The molecule has 2 amide bonds. The first-order valence-corrected chi connectivity index (χ1v) is 7.25. The van der Waals surface area contributed by atoms with Gasteiger partial charge in [0.1, 0.15) is 0 Å². The Morgan fingerprint density at radius 1 is 1.36 bits per heavy atom. The molecule has 22 heavy (non-hydrogen) atoms. The Hall–Kier alpha value is -2.61. The molecule has 1 aromatic rings. The van der Waals surface area contributed by atoms with Crippen LogP contribution < -0.4 is 5.32 Å². The average molecular weight is 299 g/mol. The van der Waals surface area contributed by atoms with E-state index in [4.69, 9.17) is 5.26 Å². The quantitative estimate of drug-likeness (QED) is 0.781. The van der Waals surface area contributed by atoms with Gasteiger partial charge in [0.15, 0.2) is 0 Å². The number of rotatable bonds is 7. The van der Waals surface area contributed by atoms with Crippen molar-refractivity contribution in [2.24, 2.45) is 5.92 Å². The lowest BCUT2D eigenvalue weighted by molar-refractivity contribution is -0.132. The molecular formula is C17H21N3O2. The van der Waals surface area contributed by atoms with Gasteiger partial charge < -0.3 is 10.2 Å². The molecular weight excluding hydrogens is 278 g/mol. The number of carbonyl (C=O) groups is 2. The van der Waals surface area contributed by atoms with Crippen LogP contribution in [0.15, 0.2) is 36.4 Å². The second-order valence-corrected chi connectivity index (χ2v) is 4.92. The lowest BCUT2D eigenvalue weighted by Gasteiger charge is -2.21. The first kappa shape index (κ1) is 17.4. The normalized spacial score (nSPS) is 11.7. The van der Waals surface area contributed by atoms with Gasteiger partial charge in [-0.2, -0.15) is 5.26 Å². The minimum atomic E-state index is -0.318. The summed E-state index contributed by atoms with van der Waals surface area (Å²) in [5.74, 6) is -0.731. The summed E-state index contributed by atoms with van der Waals surface area (Å²) in [6.45, 7) is 4.43. The first-order chi connectivity index (χ1) is 10.6. The van der Waals surface area contributed by atoms with Crippen molar-refractivity contribution in [1.29, 1.82) is 5.26 Å². The summed E-state index contributed by atoms with van der Waals surface area (Å²) in [5, 5.41) is 11.3. The molecule has 0 aliphatic heterocycles. The van der Waals surface area contributed by atoms with E-state index in [0.717, 1.165) is 5.56 Å². The summed E-state index contributed by atoms with van der Waals surface area (Å²) in [6.07, 6.45) is 3.09. The molecule has 5 nitrogen and oxygen atoms in total. The highest BCUT2D eigenvalue weighted by molar-refractivity contribution is 5.94. The zero-order chi connectivity index (χ0) is 16.4. The number of hydrogen-bond donors (Lipinski definition) is 1. The zero-order valence-corrected chi connectivity index (χ0v) is 13.0. The van der Waals surface area contributed by atoms with E-state index in [0.29, 0.717) is 13.1 Å². The number of likely N-dealkylation sites (N-methyl/N-ethyl adjacent to an activating group) is 1. The molecule has 0 spiro atoms. The molecule has 0 aromatic heterocycles. The van der Waals surface area contributed by atoms with Crippen molar-refractivity contribution in [3.63, 3.8) is 0 Å². The SMILES string of the molecule is CCN(CC(C)C#N)C(=O)CNC(=O)/C=C/c1ccccc1. The zero-order valence-electron chi connectivity index (χ0n) is 13.0. The Bertz CT molecular complexity index is 561. The van der Waals surface area contributed by atoms with E-state index in [-0.39, 0.29) is 24.3 Å². The standard InChI is InChI=1S/C17H21N3O2/c1-3-20(13-14(2)11-18)17(22)12-19-16(21)10-9-15-7-5-4-6-8-15/h4-10,14H,3,12-13H2,1-2H3,(H,19,21)/b10-9+. The van der Waals surface area contributed by atoms with Crippen molar-refractivity contribution in [1.82, 2.24) is 10.2 Å². The molecule has 0 aliphatic rings. The monoisotopic (exact) mass is 299 g/mol. The van der Waals surface area contributed by atoms with Gasteiger partial charge in [-0.25, -0.2) is 0 Å². The third kappa shape index (κ3) is 6.23. The molecule has 0 fully saturated rings. The number of carbonyl (C=O) groups excluding carboxylic acids is 2. The fourth-order valence-electron chi connectivity index (χ4n) is 1.85. The van der Waals surface area contributed by atoms with Crippen LogP contribution >= 0.6 is 0 Å². The lowest BCUT2D eigenvalue weighted by atomic mass is 10.2. The topological polar surface area (TPSA) is 73.2 Å². The van der Waals surface area contributed by atoms with E-state index in [1.54, 1.807) is 17.9 Å². The lowest BCUT2D eigenvalue weighted by Crippen LogP contribution is -2.41. The number of hydrogen-bond acceptors (Lipinski definition) is 3. The first-order valence-electron chi connectivity index (χ1n) is 7.25. The maximum Gasteiger partial charge on any atom is 0.244 e. The van der Waals surface area contributed by atoms with Crippen molar-refractivity contribution in [3.8, 4) is 6.07 Å². The third-order valence-corrected chi connectivity index (χ3v) is 3.09. The van der Waals surface area contributed by atoms with Gasteiger partial charge in [-0.15, -0.1) is 0 Å². The average Bonchev–Trinajstić information content (AvgIpc) is 2.56. The van der Waals surface area contributed by atoms with Gasteiger partial charge >= 0.3 is 0 Å². The molecule has 0 aliphatic carbocycles. The Morgan fingerprint density at radius 2 is 2.05 bits per heavy atom. The van der Waals surface area contributed by atoms with Gasteiger partial charge in [0.05, 0.1) is 18.5 Å². The molecule has 116 valence electrons. The Balaban J connectivity index is 2.44. The van der Waals surface area contributed by atoms with Gasteiger partial charge in [0, 0.05) is 19.2 Å². The highest BCUT2D eigenvalue weighted by Crippen LogP contribution is 2.01. The highest BCUT2D eigenvalue weighted by atomic mass is 16.2. The van der Waals surface area contributed by atoms with Crippen LogP contribution in [0.3, 0.4) is 0 Å². The van der Waals surface area contributed by atoms with Crippen LogP contribution in [0.5, 0.6) is 0 Å². The minimum absolute atomic E-state index is 0.0655. The molecule has 1 unspecified atom stereocenters. The number of nitriles is 1. The maximum absolute atomic E-state index is 12.0. The van der Waals surface area contributed by atoms with Crippen LogP contribution in [0.1, 0.15) is 19.4 Å². The minimum Gasteiger partial charge on any atom is -0.343 e. The van der Waals surface area contributed by atoms with E-state index in [2.05, 4.69) is 11.4 Å². The van der Waals surface area contributed by atoms with Crippen LogP contribution in [0.4, 0.5) is 0 Å². The number of benzene rings is 1. The smallest absolute Gasteiger partial charge is 0.244 e. The van der Waals surface area contributed by atoms with Crippen molar-refractivity contribution in [2.75, 3.05) is 19.6 Å². The van der Waals surface area contributed by atoms with Gasteiger partial charge in [-0.1, -0.05) is 30.3 Å². The molecule has 1 N–H and O–H groups in total. The van der Waals surface area contributed by atoms with E-state index in [1.165, 1.54) is 6.08 Å². The fourth-order valence-corrected chi connectivity index (χ4v) is 1.85. The predicted molar refractivity (Wildman–Crippen MR) is 85.5 cm³/mol. The Labute approximate surface area is 131 Å². The molecule has 0 saturated heterocycles. The van der Waals surface area contributed by atoms with Crippen molar-refractivity contribution in [2.45, 2.75) is 13.8 Å². The van der Waals surface area contributed by atoms with Crippen LogP contribution in [0, 0.1) is 17.2 Å². The van der Waals surface area contributed by atoms with Crippen LogP contribution in [0.25, 0.3) is 6.08 Å². The summed E-state index contributed by atoms with van der Waals surface area (Å²) < 4.78 is 0. The van der Waals surface area contributed by atoms with E-state index in [1.807, 2.05) is 37.3 Å². The van der Waals surface area contributed by atoms with Gasteiger partial charge in [-0.3, -0.25) is 9.59 Å². The highest BCUT2D eigenvalue weighted by Gasteiger charge is 2.14. The number of nitrogens with zero attached hydrogens (tertiary/aromatic N) is 2. The van der Waals surface area contributed by atoms with Crippen LogP contribution in [-0.4, -0.2) is 36.3 Å². The van der Waals surface area contributed by atoms with E-state index < -0.39 is 0 Å². The van der Waals surface area contributed by atoms with Crippen LogP contribution in [-0.2, 0) is 9.59 Å². The van der Waals surface area contributed by atoms with Gasteiger partial charge in [-0.05, 0) is 25.5 Å². The molecule has 0 bridgehead atoms. The molecule has 5 heteroatoms. The summed E-state index contributed by atoms with van der Waals surface area (Å²) in [7, 11) is 0. The van der Waals surface area contributed by atoms with E-state index >= 15 is 0 Å². The second kappa shape index (κ2) is 9.35. The van der Waals surface area contributed by atoms with Gasteiger partial charge in [0.25, 0.3) is 0 Å². The molecule has 0 heterocycles. The molecule has 1 rings (SSSR count). The predicted octanol–water partition coefficient (Wildman–Crippen LogP) is 1.82. The largest absolute Gasteiger partial charge is 0.343 e. The summed E-state index contributed by atoms with van der Waals surface area (Å²) in [6, 6.07) is 11.5. The maximum atomic E-state index is 12.0.